The molecule has 0 aliphatic carbocycles. The van der Waals surface area contributed by atoms with Gasteiger partial charge in [-0.15, -0.1) is 0 Å². The number of amides is 1. The van der Waals surface area contributed by atoms with E-state index in [1.807, 2.05) is 81.4 Å². The van der Waals surface area contributed by atoms with Crippen molar-refractivity contribution in [3.8, 4) is 0 Å². The molecule has 0 aromatic heterocycles. The number of aryl methyl sites for hydroxylation is 1. The van der Waals surface area contributed by atoms with Crippen molar-refractivity contribution in [2.24, 2.45) is 0 Å². The van der Waals surface area contributed by atoms with Gasteiger partial charge in [0.15, 0.2) is 5.11 Å². The minimum Gasteiger partial charge on any atom is -0.378 e. The number of rotatable bonds is 4. The van der Waals surface area contributed by atoms with Gasteiger partial charge in [-0.05, 0) is 55.9 Å². The molecule has 1 aliphatic rings. The third-order valence-corrected chi connectivity index (χ3v) is 4.79. The molecule has 0 bridgehead atoms. The van der Waals surface area contributed by atoms with Gasteiger partial charge in [-0.2, -0.15) is 0 Å². The summed E-state index contributed by atoms with van der Waals surface area (Å²) in [6, 6.07) is 15.6. The molecule has 2 aromatic carbocycles. The minimum absolute atomic E-state index is 0.152. The van der Waals surface area contributed by atoms with Gasteiger partial charge < -0.3 is 20.9 Å². The largest absolute Gasteiger partial charge is 0.378 e. The van der Waals surface area contributed by atoms with Crippen LogP contribution in [0.2, 0.25) is 0 Å². The molecule has 0 fully saturated rings. The molecule has 27 heavy (non-hydrogen) atoms. The molecule has 1 heterocycles. The summed E-state index contributed by atoms with van der Waals surface area (Å²) in [6.07, 6.45) is 0. The van der Waals surface area contributed by atoms with Crippen LogP contribution in [0.15, 0.2) is 59.8 Å². The van der Waals surface area contributed by atoms with Crippen molar-refractivity contribution in [2.75, 3.05) is 24.3 Å². The first-order valence-electron chi connectivity index (χ1n) is 8.79. The highest BCUT2D eigenvalue weighted by molar-refractivity contribution is 7.80. The molecule has 5 nitrogen and oxygen atoms in total. The lowest BCUT2D eigenvalue weighted by atomic mass is 9.94. The van der Waals surface area contributed by atoms with E-state index in [0.717, 1.165) is 28.2 Å². The number of anilines is 2. The second-order valence-corrected chi connectivity index (χ2v) is 7.28. The molecule has 3 N–H and O–H groups in total. The first-order valence-corrected chi connectivity index (χ1v) is 9.19. The Morgan fingerprint density at radius 1 is 1.04 bits per heavy atom. The van der Waals surface area contributed by atoms with Crippen LogP contribution in [0, 0.1) is 6.92 Å². The van der Waals surface area contributed by atoms with Crippen LogP contribution in [0.25, 0.3) is 0 Å². The van der Waals surface area contributed by atoms with E-state index in [1.54, 1.807) is 0 Å². The molecule has 0 saturated heterocycles. The second kappa shape index (κ2) is 7.80. The van der Waals surface area contributed by atoms with Gasteiger partial charge in [0.2, 0.25) is 0 Å². The standard InChI is InChI=1S/C21H24N4OS/c1-13-5-9-16(10-6-13)23-20(26)18-14(2)22-21(27)24-19(18)15-7-11-17(12-8-15)25(3)4/h5-12,19H,1-4H3,(H,23,26)(H2,22,24,27)/t19-/m0/s1. The summed E-state index contributed by atoms with van der Waals surface area (Å²) in [5.41, 5.74) is 5.38. The summed E-state index contributed by atoms with van der Waals surface area (Å²) in [7, 11) is 3.99. The Balaban J connectivity index is 1.91. The molecule has 1 atom stereocenters. The maximum atomic E-state index is 13.0. The van der Waals surface area contributed by atoms with Gasteiger partial charge >= 0.3 is 0 Å². The summed E-state index contributed by atoms with van der Waals surface area (Å²) in [4.78, 5) is 15.1. The van der Waals surface area contributed by atoms with Gasteiger partial charge in [-0.3, -0.25) is 4.79 Å². The van der Waals surface area contributed by atoms with E-state index in [9.17, 15) is 4.79 Å². The first-order chi connectivity index (χ1) is 12.8. The van der Waals surface area contributed by atoms with E-state index in [4.69, 9.17) is 12.2 Å². The quantitative estimate of drug-likeness (QED) is 0.709. The predicted octanol–water partition coefficient (Wildman–Crippen LogP) is 3.49. The van der Waals surface area contributed by atoms with Crippen LogP contribution in [-0.2, 0) is 4.79 Å². The fourth-order valence-corrected chi connectivity index (χ4v) is 3.32. The van der Waals surface area contributed by atoms with Crippen molar-refractivity contribution in [3.63, 3.8) is 0 Å². The zero-order chi connectivity index (χ0) is 19.6. The van der Waals surface area contributed by atoms with Gasteiger partial charge in [-0.25, -0.2) is 0 Å². The highest BCUT2D eigenvalue weighted by Gasteiger charge is 2.29. The van der Waals surface area contributed by atoms with Gasteiger partial charge in [0.1, 0.15) is 0 Å². The second-order valence-electron chi connectivity index (χ2n) is 6.88. The SMILES string of the molecule is CC1=C(C(=O)Nc2ccc(C)cc2)[C@H](c2ccc(N(C)C)cc2)NC(=S)N1. The summed E-state index contributed by atoms with van der Waals surface area (Å²) >= 11 is 5.31. The number of benzene rings is 2. The van der Waals surface area contributed by atoms with Crippen LogP contribution in [0.3, 0.4) is 0 Å². The average molecular weight is 381 g/mol. The molecule has 3 rings (SSSR count). The Morgan fingerprint density at radius 3 is 2.26 bits per heavy atom. The number of allylic oxidation sites excluding steroid dienone is 1. The van der Waals surface area contributed by atoms with Crippen molar-refractivity contribution < 1.29 is 4.79 Å². The lowest BCUT2D eigenvalue weighted by Crippen LogP contribution is -2.45. The molecule has 0 radical (unpaired) electrons. The zero-order valence-electron chi connectivity index (χ0n) is 16.0. The van der Waals surface area contributed by atoms with Crippen LogP contribution in [-0.4, -0.2) is 25.1 Å². The minimum atomic E-state index is -0.305. The fraction of sp³-hybridized carbons (Fsp3) is 0.238. The maximum Gasteiger partial charge on any atom is 0.255 e. The summed E-state index contributed by atoms with van der Waals surface area (Å²) in [5.74, 6) is -0.152. The Labute approximate surface area is 165 Å². The molecule has 1 aliphatic heterocycles. The fourth-order valence-electron chi connectivity index (χ4n) is 3.05. The van der Waals surface area contributed by atoms with Crippen molar-refractivity contribution in [3.05, 3.63) is 70.9 Å². The van der Waals surface area contributed by atoms with Crippen molar-refractivity contribution in [1.82, 2.24) is 10.6 Å². The summed E-state index contributed by atoms with van der Waals surface area (Å²) in [6.45, 7) is 3.89. The Bertz CT molecular complexity index is 885. The highest BCUT2D eigenvalue weighted by atomic mass is 32.1. The molecule has 6 heteroatoms. The van der Waals surface area contributed by atoms with Gasteiger partial charge in [-0.1, -0.05) is 29.8 Å². The first kappa shape index (κ1) is 18.9. The van der Waals surface area contributed by atoms with Crippen LogP contribution >= 0.6 is 12.2 Å². The van der Waals surface area contributed by atoms with Gasteiger partial charge in [0.05, 0.1) is 11.6 Å². The number of nitrogens with zero attached hydrogens (tertiary/aromatic N) is 1. The normalized spacial score (nSPS) is 16.4. The van der Waals surface area contributed by atoms with E-state index in [0.29, 0.717) is 10.7 Å². The lowest BCUT2D eigenvalue weighted by Gasteiger charge is -2.30. The van der Waals surface area contributed by atoms with Gasteiger partial charge in [0, 0.05) is 31.2 Å². The Kier molecular flexibility index (Phi) is 5.46. The van der Waals surface area contributed by atoms with E-state index < -0.39 is 0 Å². The van der Waals surface area contributed by atoms with Crippen LogP contribution in [0.5, 0.6) is 0 Å². The lowest BCUT2D eigenvalue weighted by molar-refractivity contribution is -0.113. The van der Waals surface area contributed by atoms with E-state index in [2.05, 4.69) is 16.0 Å². The van der Waals surface area contributed by atoms with E-state index in [-0.39, 0.29) is 11.9 Å². The molecule has 0 unspecified atom stereocenters. The zero-order valence-corrected chi connectivity index (χ0v) is 16.8. The topological polar surface area (TPSA) is 56.4 Å². The number of carbonyl (C=O) groups is 1. The molecular formula is C21H24N4OS. The smallest absolute Gasteiger partial charge is 0.255 e. The average Bonchev–Trinajstić information content (AvgIpc) is 2.63. The molecule has 2 aromatic rings. The highest BCUT2D eigenvalue weighted by Crippen LogP contribution is 2.29. The molecule has 0 spiro atoms. The predicted molar refractivity (Wildman–Crippen MR) is 115 cm³/mol. The summed E-state index contributed by atoms with van der Waals surface area (Å²) in [5, 5.41) is 9.79. The van der Waals surface area contributed by atoms with Crippen molar-refractivity contribution >= 4 is 34.6 Å². The molecule has 1 amide bonds. The molecule has 140 valence electrons. The number of thiocarbonyl (C=S) groups is 1. The van der Waals surface area contributed by atoms with E-state index in [1.165, 1.54) is 0 Å². The number of hydrogen-bond acceptors (Lipinski definition) is 3. The van der Waals surface area contributed by atoms with Crippen molar-refractivity contribution in [1.29, 1.82) is 0 Å². The monoisotopic (exact) mass is 380 g/mol. The van der Waals surface area contributed by atoms with Crippen LogP contribution < -0.4 is 20.9 Å². The van der Waals surface area contributed by atoms with Crippen molar-refractivity contribution in [2.45, 2.75) is 19.9 Å². The van der Waals surface area contributed by atoms with Crippen LogP contribution in [0.1, 0.15) is 24.1 Å². The number of carbonyl (C=O) groups excluding carboxylic acids is 1. The third-order valence-electron chi connectivity index (χ3n) is 4.57. The maximum absolute atomic E-state index is 13.0. The van der Waals surface area contributed by atoms with E-state index >= 15 is 0 Å². The third kappa shape index (κ3) is 4.28. The van der Waals surface area contributed by atoms with Crippen LogP contribution in [0.4, 0.5) is 11.4 Å². The molecule has 0 saturated carbocycles. The molecular weight excluding hydrogens is 356 g/mol. The Hall–Kier alpha value is -2.86. The Morgan fingerprint density at radius 2 is 1.67 bits per heavy atom. The van der Waals surface area contributed by atoms with Gasteiger partial charge in [0.25, 0.3) is 5.91 Å². The summed E-state index contributed by atoms with van der Waals surface area (Å²) < 4.78 is 0. The number of nitrogens with one attached hydrogen (secondary N) is 3. The number of hydrogen-bond donors (Lipinski definition) is 3.